The number of hydrogen-bond donors (Lipinski definition) is 1. The van der Waals surface area contributed by atoms with Gasteiger partial charge in [0.15, 0.2) is 11.2 Å². The molecule has 0 saturated carbocycles. The number of ether oxygens (including phenoxy) is 2. The van der Waals surface area contributed by atoms with Gasteiger partial charge < -0.3 is 19.0 Å². The van der Waals surface area contributed by atoms with Crippen LogP contribution in [0.3, 0.4) is 0 Å². The Morgan fingerprint density at radius 1 is 1.36 bits per heavy atom. The molecule has 8 nitrogen and oxygen atoms in total. The Labute approximate surface area is 165 Å². The summed E-state index contributed by atoms with van der Waals surface area (Å²) in [6, 6.07) is 10.8. The van der Waals surface area contributed by atoms with Gasteiger partial charge in [-0.25, -0.2) is 0 Å². The highest BCUT2D eigenvalue weighted by molar-refractivity contribution is 7.71. The molecule has 146 valence electrons. The lowest BCUT2D eigenvalue weighted by molar-refractivity contribution is -0.385. The summed E-state index contributed by atoms with van der Waals surface area (Å²) in [5, 5.41) is 22.6. The quantitative estimate of drug-likeness (QED) is 0.404. The second-order valence-electron chi connectivity index (χ2n) is 6.92. The van der Waals surface area contributed by atoms with Crippen LogP contribution in [0.15, 0.2) is 46.9 Å². The molecule has 1 aliphatic rings. The molecular formula is C19H18N2O6S. The predicted molar refractivity (Wildman–Crippen MR) is 103 cm³/mol. The number of aliphatic hydroxyl groups excluding tert-OH is 1. The van der Waals surface area contributed by atoms with Crippen molar-refractivity contribution < 1.29 is 23.9 Å². The van der Waals surface area contributed by atoms with E-state index in [1.807, 2.05) is 18.2 Å². The van der Waals surface area contributed by atoms with Gasteiger partial charge in [-0.1, -0.05) is 12.1 Å². The van der Waals surface area contributed by atoms with Gasteiger partial charge in [-0.3, -0.25) is 14.7 Å². The van der Waals surface area contributed by atoms with Crippen LogP contribution in [0.4, 0.5) is 5.69 Å². The van der Waals surface area contributed by atoms with Gasteiger partial charge in [0.25, 0.3) is 10.5 Å². The van der Waals surface area contributed by atoms with Gasteiger partial charge in [-0.2, -0.15) is 0 Å². The summed E-state index contributed by atoms with van der Waals surface area (Å²) in [5.74, 6) is 0.424. The predicted octanol–water partition coefficient (Wildman–Crippen LogP) is 3.62. The maximum atomic E-state index is 11.3. The SMILES string of the molecule is COC[C@]1(C)Oc2ccc([N+](=O)[O-])cc2[C@@H](n2c(=S)oc3ccccc32)[C@H]1O. The van der Waals surface area contributed by atoms with E-state index in [0.717, 1.165) is 0 Å². The first-order valence-electron chi connectivity index (χ1n) is 8.60. The van der Waals surface area contributed by atoms with Crippen LogP contribution in [-0.2, 0) is 4.74 Å². The first kappa shape index (κ1) is 18.6. The molecule has 2 heterocycles. The van der Waals surface area contributed by atoms with Crippen molar-refractivity contribution >= 4 is 29.0 Å². The van der Waals surface area contributed by atoms with Crippen LogP contribution in [0.5, 0.6) is 5.75 Å². The van der Waals surface area contributed by atoms with Crippen molar-refractivity contribution in [3.8, 4) is 5.75 Å². The third-order valence-corrected chi connectivity index (χ3v) is 5.30. The van der Waals surface area contributed by atoms with Crippen molar-refractivity contribution in [2.75, 3.05) is 13.7 Å². The number of aromatic nitrogens is 1. The second kappa shape index (κ2) is 6.69. The van der Waals surface area contributed by atoms with Gasteiger partial charge in [-0.05, 0) is 37.3 Å². The molecule has 1 N–H and O–H groups in total. The smallest absolute Gasteiger partial charge is 0.270 e. The van der Waals surface area contributed by atoms with E-state index in [9.17, 15) is 15.2 Å². The van der Waals surface area contributed by atoms with E-state index in [4.69, 9.17) is 26.1 Å². The highest BCUT2D eigenvalue weighted by Gasteiger charge is 2.48. The molecule has 0 saturated heterocycles. The molecule has 0 fully saturated rings. The Hall–Kier alpha value is -2.75. The first-order chi connectivity index (χ1) is 13.4. The monoisotopic (exact) mass is 402 g/mol. The normalized spacial score (nSPS) is 24.0. The summed E-state index contributed by atoms with van der Waals surface area (Å²) < 4.78 is 18.6. The molecule has 0 bridgehead atoms. The number of rotatable bonds is 4. The molecule has 0 radical (unpaired) electrons. The van der Waals surface area contributed by atoms with Crippen molar-refractivity contribution in [2.45, 2.75) is 24.7 Å². The Balaban J connectivity index is 2.00. The molecule has 0 amide bonds. The standard InChI is InChI=1S/C19H18N2O6S/c1-19(10-25-2)17(22)16(12-9-11(21(23)24)7-8-14(12)27-19)20-13-5-3-4-6-15(13)26-18(20)28/h3-9,16-17,22H,10H2,1-2H3/t16-,17-,19+/m1/s1. The van der Waals surface area contributed by atoms with E-state index in [2.05, 4.69) is 0 Å². The summed E-state index contributed by atoms with van der Waals surface area (Å²) in [6.07, 6.45) is -1.10. The minimum atomic E-state index is -1.10. The summed E-state index contributed by atoms with van der Waals surface area (Å²) in [7, 11) is 1.51. The Morgan fingerprint density at radius 3 is 2.82 bits per heavy atom. The number of oxazole rings is 1. The molecule has 1 aliphatic heterocycles. The third-order valence-electron chi connectivity index (χ3n) is 5.02. The number of nitro benzene ring substituents is 1. The zero-order chi connectivity index (χ0) is 20.1. The van der Waals surface area contributed by atoms with Gasteiger partial charge in [0, 0.05) is 24.8 Å². The molecule has 9 heteroatoms. The molecular weight excluding hydrogens is 384 g/mol. The van der Waals surface area contributed by atoms with Crippen molar-refractivity contribution in [1.29, 1.82) is 0 Å². The van der Waals surface area contributed by atoms with Crippen molar-refractivity contribution in [1.82, 2.24) is 4.57 Å². The molecule has 4 rings (SSSR count). The van der Waals surface area contributed by atoms with E-state index in [0.29, 0.717) is 22.4 Å². The number of hydrogen-bond acceptors (Lipinski definition) is 7. The van der Waals surface area contributed by atoms with Crippen molar-refractivity contribution in [3.05, 3.63) is 63.0 Å². The average molecular weight is 402 g/mol. The number of non-ortho nitro benzene ring substituents is 1. The number of benzene rings is 2. The molecule has 28 heavy (non-hydrogen) atoms. The molecule has 0 spiro atoms. The highest BCUT2D eigenvalue weighted by atomic mass is 32.1. The summed E-state index contributed by atoms with van der Waals surface area (Å²) in [5.41, 5.74) is 0.504. The molecule has 3 aromatic rings. The topological polar surface area (TPSA) is 99.9 Å². The van der Waals surface area contributed by atoms with Crippen LogP contribution >= 0.6 is 12.2 Å². The van der Waals surface area contributed by atoms with Gasteiger partial charge in [-0.15, -0.1) is 0 Å². The van der Waals surface area contributed by atoms with Crippen molar-refractivity contribution in [2.24, 2.45) is 0 Å². The van der Waals surface area contributed by atoms with Crippen LogP contribution in [0.25, 0.3) is 11.1 Å². The molecule has 0 unspecified atom stereocenters. The van der Waals surface area contributed by atoms with Crippen LogP contribution in [0.2, 0.25) is 0 Å². The number of nitro groups is 1. The number of methoxy groups -OCH3 is 1. The fourth-order valence-corrected chi connectivity index (χ4v) is 4.02. The van der Waals surface area contributed by atoms with Gasteiger partial charge in [0.05, 0.1) is 23.1 Å². The lowest BCUT2D eigenvalue weighted by Gasteiger charge is -2.43. The summed E-state index contributed by atoms with van der Waals surface area (Å²) in [4.78, 5) is 11.0. The Morgan fingerprint density at radius 2 is 2.11 bits per heavy atom. The van der Waals surface area contributed by atoms with Crippen LogP contribution < -0.4 is 4.74 Å². The van der Waals surface area contributed by atoms with Gasteiger partial charge in [0.1, 0.15) is 11.9 Å². The number of para-hydroxylation sites is 2. The third kappa shape index (κ3) is 2.79. The average Bonchev–Trinajstić information content (AvgIpc) is 2.98. The minimum absolute atomic E-state index is 0.103. The summed E-state index contributed by atoms with van der Waals surface area (Å²) in [6.45, 7) is 1.84. The highest BCUT2D eigenvalue weighted by Crippen LogP contribution is 2.45. The Bertz CT molecular complexity index is 1120. The van der Waals surface area contributed by atoms with Gasteiger partial charge >= 0.3 is 0 Å². The fraction of sp³-hybridized carbons (Fsp3) is 0.316. The second-order valence-corrected chi connectivity index (χ2v) is 7.27. The lowest BCUT2D eigenvalue weighted by Crippen LogP contribution is -2.55. The van der Waals surface area contributed by atoms with Crippen LogP contribution in [0, 0.1) is 15.0 Å². The fourth-order valence-electron chi connectivity index (χ4n) is 3.72. The largest absolute Gasteiger partial charge is 0.482 e. The first-order valence-corrected chi connectivity index (χ1v) is 9.01. The van der Waals surface area contributed by atoms with E-state index in [1.54, 1.807) is 17.6 Å². The van der Waals surface area contributed by atoms with Gasteiger partial charge in [0.2, 0.25) is 0 Å². The minimum Gasteiger partial charge on any atom is -0.482 e. The zero-order valence-corrected chi connectivity index (χ0v) is 16.0. The van der Waals surface area contributed by atoms with Crippen molar-refractivity contribution in [3.63, 3.8) is 0 Å². The molecule has 3 atom stereocenters. The Kier molecular flexibility index (Phi) is 4.45. The number of fused-ring (bicyclic) bond motifs is 2. The maximum Gasteiger partial charge on any atom is 0.270 e. The van der Waals surface area contributed by atoms with Crippen LogP contribution in [0.1, 0.15) is 18.5 Å². The van der Waals surface area contributed by atoms with E-state index in [1.165, 1.54) is 25.3 Å². The van der Waals surface area contributed by atoms with E-state index < -0.39 is 22.7 Å². The number of aliphatic hydroxyl groups is 1. The zero-order valence-electron chi connectivity index (χ0n) is 15.2. The lowest BCUT2D eigenvalue weighted by atomic mass is 9.85. The van der Waals surface area contributed by atoms with E-state index >= 15 is 0 Å². The van der Waals surface area contributed by atoms with E-state index in [-0.39, 0.29) is 17.1 Å². The number of nitrogens with zero attached hydrogens (tertiary/aromatic N) is 2. The molecule has 0 aliphatic carbocycles. The maximum absolute atomic E-state index is 11.3. The summed E-state index contributed by atoms with van der Waals surface area (Å²) >= 11 is 5.42. The molecule has 1 aromatic heterocycles. The molecule has 2 aromatic carbocycles. The van der Waals surface area contributed by atoms with Crippen LogP contribution in [-0.4, -0.2) is 40.0 Å².